The Morgan fingerprint density at radius 1 is 1.44 bits per heavy atom. The molecule has 7 heteroatoms. The lowest BCUT2D eigenvalue weighted by Crippen LogP contribution is -2.27. The van der Waals surface area contributed by atoms with Gasteiger partial charge in [0.15, 0.2) is 0 Å². The SMILES string of the molecule is CN(Cc1ncc[nH]1)C(=O)c1nc(Cl)ccc1Cl. The standard InChI is InChI=1S/C11H10Cl2N4O/c1-17(6-9-14-4-5-15-9)11(18)10-7(12)2-3-8(13)16-10/h2-5H,6H2,1H3,(H,14,15). The number of carbonyl (C=O) groups excluding carboxylic acids is 1. The minimum atomic E-state index is -0.307. The maximum absolute atomic E-state index is 12.1. The van der Waals surface area contributed by atoms with E-state index >= 15 is 0 Å². The van der Waals surface area contributed by atoms with E-state index in [4.69, 9.17) is 23.2 Å². The molecule has 2 aromatic rings. The average molecular weight is 285 g/mol. The molecule has 0 aliphatic heterocycles. The highest BCUT2D eigenvalue weighted by atomic mass is 35.5. The van der Waals surface area contributed by atoms with Crippen molar-refractivity contribution < 1.29 is 4.79 Å². The first-order chi connectivity index (χ1) is 8.58. The lowest BCUT2D eigenvalue weighted by molar-refractivity contribution is 0.0776. The Morgan fingerprint density at radius 3 is 2.89 bits per heavy atom. The summed E-state index contributed by atoms with van der Waals surface area (Å²) < 4.78 is 0. The van der Waals surface area contributed by atoms with Gasteiger partial charge in [-0.15, -0.1) is 0 Å². The van der Waals surface area contributed by atoms with E-state index in [0.717, 1.165) is 0 Å². The normalized spacial score (nSPS) is 10.4. The van der Waals surface area contributed by atoms with Crippen LogP contribution in [0.5, 0.6) is 0 Å². The lowest BCUT2D eigenvalue weighted by atomic mass is 10.3. The molecule has 5 nitrogen and oxygen atoms in total. The van der Waals surface area contributed by atoms with E-state index < -0.39 is 0 Å². The summed E-state index contributed by atoms with van der Waals surface area (Å²) in [7, 11) is 1.64. The smallest absolute Gasteiger partial charge is 0.274 e. The van der Waals surface area contributed by atoms with Crippen LogP contribution in [0.25, 0.3) is 0 Å². The van der Waals surface area contributed by atoms with Crippen molar-refractivity contribution in [2.45, 2.75) is 6.54 Å². The highest BCUT2D eigenvalue weighted by Gasteiger charge is 2.18. The molecule has 0 aliphatic rings. The van der Waals surface area contributed by atoms with Crippen LogP contribution in [-0.2, 0) is 6.54 Å². The summed E-state index contributed by atoms with van der Waals surface area (Å²) in [5.41, 5.74) is 0.137. The first-order valence-corrected chi connectivity index (χ1v) is 5.89. The molecule has 0 spiro atoms. The number of aromatic amines is 1. The molecule has 0 atom stereocenters. The molecule has 0 aromatic carbocycles. The zero-order valence-electron chi connectivity index (χ0n) is 9.52. The van der Waals surface area contributed by atoms with Crippen molar-refractivity contribution in [3.63, 3.8) is 0 Å². The zero-order valence-corrected chi connectivity index (χ0v) is 11.0. The van der Waals surface area contributed by atoms with Crippen LogP contribution in [0.4, 0.5) is 0 Å². The van der Waals surface area contributed by atoms with Crippen LogP contribution in [0.3, 0.4) is 0 Å². The first-order valence-electron chi connectivity index (χ1n) is 5.13. The Bertz CT molecular complexity index is 556. The topological polar surface area (TPSA) is 61.9 Å². The highest BCUT2D eigenvalue weighted by molar-refractivity contribution is 6.34. The number of imidazole rings is 1. The second-order valence-electron chi connectivity index (χ2n) is 3.66. The summed E-state index contributed by atoms with van der Waals surface area (Å²) in [6, 6.07) is 3.08. The van der Waals surface area contributed by atoms with Gasteiger partial charge in [0.25, 0.3) is 5.91 Å². The summed E-state index contributed by atoms with van der Waals surface area (Å²) in [4.78, 5) is 24.5. The van der Waals surface area contributed by atoms with Crippen molar-refractivity contribution in [2.24, 2.45) is 0 Å². The maximum Gasteiger partial charge on any atom is 0.274 e. The number of aromatic nitrogens is 3. The van der Waals surface area contributed by atoms with Crippen molar-refractivity contribution in [2.75, 3.05) is 7.05 Å². The molecule has 0 unspecified atom stereocenters. The molecule has 0 aliphatic carbocycles. The van der Waals surface area contributed by atoms with Crippen LogP contribution < -0.4 is 0 Å². The minimum Gasteiger partial charge on any atom is -0.347 e. The molecule has 0 saturated carbocycles. The van der Waals surface area contributed by atoms with Crippen LogP contribution in [0.15, 0.2) is 24.5 Å². The van der Waals surface area contributed by atoms with E-state index in [1.807, 2.05) is 0 Å². The van der Waals surface area contributed by atoms with Gasteiger partial charge in [-0.25, -0.2) is 9.97 Å². The summed E-state index contributed by atoms with van der Waals surface area (Å²) in [6.45, 7) is 0.344. The van der Waals surface area contributed by atoms with Crippen LogP contribution in [0, 0.1) is 0 Å². The van der Waals surface area contributed by atoms with Crippen molar-refractivity contribution in [1.82, 2.24) is 19.9 Å². The Labute approximate surface area is 114 Å². The van der Waals surface area contributed by atoms with E-state index in [2.05, 4.69) is 15.0 Å². The van der Waals surface area contributed by atoms with Crippen LogP contribution in [-0.4, -0.2) is 32.8 Å². The van der Waals surface area contributed by atoms with Crippen molar-refractivity contribution in [3.05, 3.63) is 46.2 Å². The maximum atomic E-state index is 12.1. The third kappa shape index (κ3) is 2.80. The summed E-state index contributed by atoms with van der Waals surface area (Å²) in [5.74, 6) is 0.378. The minimum absolute atomic E-state index is 0.137. The summed E-state index contributed by atoms with van der Waals surface area (Å²) in [5, 5.41) is 0.504. The van der Waals surface area contributed by atoms with Crippen molar-refractivity contribution >= 4 is 29.1 Å². The predicted octanol–water partition coefficient (Wildman–Crippen LogP) is 2.38. The van der Waals surface area contributed by atoms with Gasteiger partial charge >= 0.3 is 0 Å². The van der Waals surface area contributed by atoms with Gasteiger partial charge in [0, 0.05) is 19.4 Å². The third-order valence-electron chi connectivity index (χ3n) is 2.30. The Morgan fingerprint density at radius 2 is 2.22 bits per heavy atom. The average Bonchev–Trinajstić information content (AvgIpc) is 2.84. The van der Waals surface area contributed by atoms with Gasteiger partial charge in [-0.05, 0) is 12.1 Å². The molecule has 0 radical (unpaired) electrons. The Hall–Kier alpha value is -1.59. The quantitative estimate of drug-likeness (QED) is 0.881. The van der Waals surface area contributed by atoms with Crippen LogP contribution in [0.1, 0.15) is 16.3 Å². The molecule has 18 heavy (non-hydrogen) atoms. The fourth-order valence-electron chi connectivity index (χ4n) is 1.43. The molecule has 94 valence electrons. The van der Waals surface area contributed by atoms with Gasteiger partial charge in [0.2, 0.25) is 0 Å². The predicted molar refractivity (Wildman–Crippen MR) is 68.6 cm³/mol. The van der Waals surface area contributed by atoms with Gasteiger partial charge in [0.05, 0.1) is 11.6 Å². The number of amides is 1. The lowest BCUT2D eigenvalue weighted by Gasteiger charge is -2.15. The molecule has 1 amide bonds. The van der Waals surface area contributed by atoms with Crippen molar-refractivity contribution in [3.8, 4) is 0 Å². The molecule has 0 bridgehead atoms. The van der Waals surface area contributed by atoms with Gasteiger partial charge in [-0.1, -0.05) is 23.2 Å². The van der Waals surface area contributed by atoms with E-state index in [1.165, 1.54) is 11.0 Å². The largest absolute Gasteiger partial charge is 0.347 e. The monoisotopic (exact) mass is 284 g/mol. The Balaban J connectivity index is 2.17. The van der Waals surface area contributed by atoms with Crippen LogP contribution in [0.2, 0.25) is 10.2 Å². The number of nitrogens with one attached hydrogen (secondary N) is 1. The Kier molecular flexibility index (Phi) is 3.84. The molecule has 2 heterocycles. The fraction of sp³-hybridized carbons (Fsp3) is 0.182. The van der Waals surface area contributed by atoms with Crippen LogP contribution >= 0.6 is 23.2 Å². The van der Waals surface area contributed by atoms with E-state index in [9.17, 15) is 4.79 Å². The number of halogens is 2. The first kappa shape index (κ1) is 12.9. The molecular formula is C11H10Cl2N4O. The highest BCUT2D eigenvalue weighted by Crippen LogP contribution is 2.18. The number of carbonyl (C=O) groups is 1. The molecule has 0 saturated heterocycles. The number of pyridine rings is 1. The summed E-state index contributed by atoms with van der Waals surface area (Å²) >= 11 is 11.7. The molecule has 1 N–H and O–H groups in total. The van der Waals surface area contributed by atoms with Gasteiger partial charge in [-0.2, -0.15) is 0 Å². The van der Waals surface area contributed by atoms with Crippen molar-refractivity contribution in [1.29, 1.82) is 0 Å². The molecule has 0 fully saturated rings. The van der Waals surface area contributed by atoms with E-state index in [1.54, 1.807) is 25.5 Å². The van der Waals surface area contributed by atoms with Gasteiger partial charge in [-0.3, -0.25) is 4.79 Å². The fourth-order valence-corrected chi connectivity index (χ4v) is 1.76. The number of rotatable bonds is 3. The third-order valence-corrected chi connectivity index (χ3v) is 2.82. The molecule has 2 aromatic heterocycles. The number of H-pyrrole nitrogens is 1. The number of nitrogens with zero attached hydrogens (tertiary/aromatic N) is 3. The van der Waals surface area contributed by atoms with E-state index in [0.29, 0.717) is 12.4 Å². The van der Waals surface area contributed by atoms with Gasteiger partial charge < -0.3 is 9.88 Å². The van der Waals surface area contributed by atoms with E-state index in [-0.39, 0.29) is 21.8 Å². The van der Waals surface area contributed by atoms with Gasteiger partial charge in [0.1, 0.15) is 16.7 Å². The zero-order chi connectivity index (χ0) is 13.1. The summed E-state index contributed by atoms with van der Waals surface area (Å²) in [6.07, 6.45) is 3.32. The second-order valence-corrected chi connectivity index (χ2v) is 4.46. The molecule has 2 rings (SSSR count). The molecular weight excluding hydrogens is 275 g/mol. The number of hydrogen-bond acceptors (Lipinski definition) is 3. The second kappa shape index (κ2) is 5.37. The number of hydrogen-bond donors (Lipinski definition) is 1.